The van der Waals surface area contributed by atoms with Crippen molar-refractivity contribution >= 4 is 22.8 Å². The first-order valence-corrected chi connectivity index (χ1v) is 7.17. The summed E-state index contributed by atoms with van der Waals surface area (Å²) in [5.41, 5.74) is 0.592. The van der Waals surface area contributed by atoms with Crippen LogP contribution in [0.4, 0.5) is 5.13 Å². The number of aldehydes is 1. The lowest BCUT2D eigenvalue weighted by atomic mass is 9.95. The molecule has 19 heavy (non-hydrogen) atoms. The predicted molar refractivity (Wildman–Crippen MR) is 75.1 cm³/mol. The Bertz CT molecular complexity index is 449. The third-order valence-corrected chi connectivity index (χ3v) is 4.61. The highest BCUT2D eigenvalue weighted by molar-refractivity contribution is 7.17. The number of aromatic nitrogens is 1. The van der Waals surface area contributed by atoms with Crippen LogP contribution in [0.25, 0.3) is 0 Å². The highest BCUT2D eigenvalue weighted by atomic mass is 32.1. The van der Waals surface area contributed by atoms with Gasteiger partial charge in [0.15, 0.2) is 11.4 Å². The molecule has 1 aliphatic heterocycles. The van der Waals surface area contributed by atoms with E-state index in [0.717, 1.165) is 43.0 Å². The summed E-state index contributed by atoms with van der Waals surface area (Å²) in [6, 6.07) is 0. The Morgan fingerprint density at radius 3 is 2.95 bits per heavy atom. The van der Waals surface area contributed by atoms with Gasteiger partial charge in [0.25, 0.3) is 0 Å². The van der Waals surface area contributed by atoms with E-state index in [1.807, 2.05) is 0 Å². The standard InChI is InChI=1S/C13H20N2O3S/c1-13(18-3)5-4-6-15(9-13)12-14-10(8-17-2)11(7-16)19-12/h7H,4-6,8-9H2,1-3H3. The molecule has 0 saturated carbocycles. The number of nitrogens with zero attached hydrogens (tertiary/aromatic N) is 2. The normalized spacial score (nSPS) is 23.6. The molecule has 0 aromatic carbocycles. The third-order valence-electron chi connectivity index (χ3n) is 3.53. The molecule has 0 N–H and O–H groups in total. The first kappa shape index (κ1) is 14.4. The number of carbonyl (C=O) groups excluding carboxylic acids is 1. The lowest BCUT2D eigenvalue weighted by Gasteiger charge is -2.39. The van der Waals surface area contributed by atoms with Crippen molar-refractivity contribution in [3.05, 3.63) is 10.6 Å². The summed E-state index contributed by atoms with van der Waals surface area (Å²) in [5.74, 6) is 0. The minimum Gasteiger partial charge on any atom is -0.378 e. The summed E-state index contributed by atoms with van der Waals surface area (Å²) < 4.78 is 10.7. The highest BCUT2D eigenvalue weighted by Gasteiger charge is 2.32. The summed E-state index contributed by atoms with van der Waals surface area (Å²) in [5, 5.41) is 0.886. The molecule has 1 fully saturated rings. The van der Waals surface area contributed by atoms with Crippen LogP contribution in [0.5, 0.6) is 0 Å². The Morgan fingerprint density at radius 1 is 1.53 bits per heavy atom. The molecular weight excluding hydrogens is 264 g/mol. The Kier molecular flexibility index (Phi) is 4.54. The molecule has 0 amide bonds. The Morgan fingerprint density at radius 2 is 2.32 bits per heavy atom. The van der Waals surface area contributed by atoms with Gasteiger partial charge < -0.3 is 14.4 Å². The van der Waals surface area contributed by atoms with Gasteiger partial charge in [0.2, 0.25) is 0 Å². The fourth-order valence-electron chi connectivity index (χ4n) is 2.35. The zero-order valence-corrected chi connectivity index (χ0v) is 12.5. The number of thiazole rings is 1. The summed E-state index contributed by atoms with van der Waals surface area (Å²) in [6.07, 6.45) is 2.98. The van der Waals surface area contributed by atoms with Crippen molar-refractivity contribution in [3.63, 3.8) is 0 Å². The quantitative estimate of drug-likeness (QED) is 0.775. The number of anilines is 1. The molecule has 1 aromatic rings. The van der Waals surface area contributed by atoms with E-state index in [-0.39, 0.29) is 5.60 Å². The van der Waals surface area contributed by atoms with Crippen LogP contribution in [0.2, 0.25) is 0 Å². The topological polar surface area (TPSA) is 51.7 Å². The molecule has 1 saturated heterocycles. The molecule has 5 nitrogen and oxygen atoms in total. The van der Waals surface area contributed by atoms with Crippen LogP contribution in [-0.2, 0) is 16.1 Å². The van der Waals surface area contributed by atoms with Crippen LogP contribution in [0.3, 0.4) is 0 Å². The van der Waals surface area contributed by atoms with Gasteiger partial charge in [0, 0.05) is 27.3 Å². The average molecular weight is 284 g/mol. The van der Waals surface area contributed by atoms with Crippen LogP contribution >= 0.6 is 11.3 Å². The Balaban J connectivity index is 2.19. The lowest BCUT2D eigenvalue weighted by Crippen LogP contribution is -2.47. The van der Waals surface area contributed by atoms with Gasteiger partial charge in [-0.1, -0.05) is 11.3 Å². The van der Waals surface area contributed by atoms with Crippen molar-refractivity contribution in [2.24, 2.45) is 0 Å². The van der Waals surface area contributed by atoms with Crippen LogP contribution in [-0.4, -0.2) is 44.2 Å². The summed E-state index contributed by atoms with van der Waals surface area (Å²) in [4.78, 5) is 18.4. The van der Waals surface area contributed by atoms with Gasteiger partial charge >= 0.3 is 0 Å². The second kappa shape index (κ2) is 5.98. The predicted octanol–water partition coefficient (Wildman–Crippen LogP) is 2.11. The molecule has 1 aromatic heterocycles. The summed E-state index contributed by atoms with van der Waals surface area (Å²) >= 11 is 1.43. The van der Waals surface area contributed by atoms with Crippen molar-refractivity contribution in [3.8, 4) is 0 Å². The SMILES string of the molecule is COCc1nc(N2CCCC(C)(OC)C2)sc1C=O. The molecule has 0 bridgehead atoms. The van der Waals surface area contributed by atoms with Crippen molar-refractivity contribution in [1.82, 2.24) is 4.98 Å². The highest BCUT2D eigenvalue weighted by Crippen LogP contribution is 2.32. The van der Waals surface area contributed by atoms with Crippen molar-refractivity contribution in [2.45, 2.75) is 32.0 Å². The van der Waals surface area contributed by atoms with Crippen LogP contribution in [0.15, 0.2) is 0 Å². The van der Waals surface area contributed by atoms with Crippen molar-refractivity contribution in [1.29, 1.82) is 0 Å². The number of piperidine rings is 1. The zero-order chi connectivity index (χ0) is 13.9. The van der Waals surface area contributed by atoms with Crippen LogP contribution in [0, 0.1) is 0 Å². The van der Waals surface area contributed by atoms with Gasteiger partial charge in [-0.25, -0.2) is 4.98 Å². The van der Waals surface area contributed by atoms with Gasteiger partial charge in [-0.15, -0.1) is 0 Å². The Labute approximate surface area is 117 Å². The molecule has 1 unspecified atom stereocenters. The smallest absolute Gasteiger partial charge is 0.186 e. The molecule has 1 aliphatic rings. The van der Waals surface area contributed by atoms with E-state index in [0.29, 0.717) is 11.5 Å². The Hall–Kier alpha value is -0.980. The third kappa shape index (κ3) is 3.13. The molecule has 0 aliphatic carbocycles. The van der Waals surface area contributed by atoms with Gasteiger partial charge in [0.1, 0.15) is 0 Å². The number of ether oxygens (including phenoxy) is 2. The van der Waals surface area contributed by atoms with E-state index in [9.17, 15) is 4.79 Å². The molecule has 0 spiro atoms. The largest absolute Gasteiger partial charge is 0.378 e. The average Bonchev–Trinajstić information content (AvgIpc) is 2.82. The second-order valence-corrected chi connectivity index (χ2v) is 6.05. The number of hydrogen-bond acceptors (Lipinski definition) is 6. The maximum atomic E-state index is 11.1. The molecule has 0 radical (unpaired) electrons. The minimum absolute atomic E-state index is 0.132. The number of methoxy groups -OCH3 is 2. The van der Waals surface area contributed by atoms with E-state index in [4.69, 9.17) is 9.47 Å². The number of carbonyl (C=O) groups is 1. The maximum Gasteiger partial charge on any atom is 0.186 e. The van der Waals surface area contributed by atoms with Crippen molar-refractivity contribution in [2.75, 3.05) is 32.2 Å². The van der Waals surface area contributed by atoms with Crippen LogP contribution < -0.4 is 4.90 Å². The molecular formula is C13H20N2O3S. The molecule has 6 heteroatoms. The fraction of sp³-hybridized carbons (Fsp3) is 0.692. The summed E-state index contributed by atoms with van der Waals surface area (Å²) in [7, 11) is 3.36. The van der Waals surface area contributed by atoms with Gasteiger partial charge in [-0.05, 0) is 19.8 Å². The van der Waals surface area contributed by atoms with E-state index in [1.54, 1.807) is 14.2 Å². The van der Waals surface area contributed by atoms with E-state index < -0.39 is 0 Å². The monoisotopic (exact) mass is 284 g/mol. The fourth-order valence-corrected chi connectivity index (χ4v) is 3.26. The molecule has 2 heterocycles. The van der Waals surface area contributed by atoms with E-state index >= 15 is 0 Å². The van der Waals surface area contributed by atoms with Gasteiger partial charge in [-0.2, -0.15) is 0 Å². The number of hydrogen-bond donors (Lipinski definition) is 0. The second-order valence-electron chi connectivity index (χ2n) is 5.04. The maximum absolute atomic E-state index is 11.1. The molecule has 1 atom stereocenters. The van der Waals surface area contributed by atoms with E-state index in [1.165, 1.54) is 11.3 Å². The van der Waals surface area contributed by atoms with Gasteiger partial charge in [0.05, 0.1) is 22.8 Å². The first-order chi connectivity index (χ1) is 9.11. The first-order valence-electron chi connectivity index (χ1n) is 6.36. The molecule has 106 valence electrons. The van der Waals surface area contributed by atoms with E-state index in [2.05, 4.69) is 16.8 Å². The van der Waals surface area contributed by atoms with Crippen LogP contribution in [0.1, 0.15) is 35.1 Å². The molecule has 2 rings (SSSR count). The summed E-state index contributed by atoms with van der Waals surface area (Å²) in [6.45, 7) is 4.25. The zero-order valence-electron chi connectivity index (χ0n) is 11.6. The number of rotatable bonds is 5. The van der Waals surface area contributed by atoms with Gasteiger partial charge in [-0.3, -0.25) is 4.79 Å². The lowest BCUT2D eigenvalue weighted by molar-refractivity contribution is -0.00467. The van der Waals surface area contributed by atoms with Crippen molar-refractivity contribution < 1.29 is 14.3 Å². The minimum atomic E-state index is -0.132.